The van der Waals surface area contributed by atoms with E-state index >= 15 is 0 Å². The molecule has 4 nitrogen and oxygen atoms in total. The maximum atomic E-state index is 13.4. The molecule has 0 bridgehead atoms. The molecule has 0 atom stereocenters. The van der Waals surface area contributed by atoms with Crippen LogP contribution >= 0.6 is 30.1 Å². The number of benzene rings is 1. The van der Waals surface area contributed by atoms with E-state index in [4.69, 9.17) is 4.74 Å². The quantitative estimate of drug-likeness (QED) is 0.347. The molecule has 0 aromatic heterocycles. The van der Waals surface area contributed by atoms with Gasteiger partial charge in [-0.15, -0.1) is 0 Å². The van der Waals surface area contributed by atoms with Crippen LogP contribution in [0.15, 0.2) is 24.3 Å². The molecule has 1 aromatic rings. The van der Waals surface area contributed by atoms with Gasteiger partial charge in [0.25, 0.3) is 0 Å². The third-order valence-corrected chi connectivity index (χ3v) is 5.14. The maximum absolute atomic E-state index is 13.4. The van der Waals surface area contributed by atoms with E-state index in [1.165, 1.54) is 29.2 Å². The van der Waals surface area contributed by atoms with E-state index < -0.39 is 23.1 Å². The lowest BCUT2D eigenvalue weighted by Crippen LogP contribution is -2.42. The molecular weight excluding hydrogens is 489 g/mol. The highest BCUT2D eigenvalue weighted by Crippen LogP contribution is 2.47. The average molecular weight is 509 g/mol. The van der Waals surface area contributed by atoms with Gasteiger partial charge in [-0.05, 0) is 53.8 Å². The minimum absolute atomic E-state index is 0.313. The number of amides is 1. The van der Waals surface area contributed by atoms with Gasteiger partial charge in [0.1, 0.15) is 11.4 Å². The number of nitrogens with zero attached hydrogens (tertiary/aromatic N) is 1. The number of halogens is 5. The Kier molecular flexibility index (Phi) is 7.88. The van der Waals surface area contributed by atoms with E-state index in [0.717, 1.165) is 26.8 Å². The summed E-state index contributed by atoms with van der Waals surface area (Å²) in [6.07, 6.45) is -4.67. The van der Waals surface area contributed by atoms with Gasteiger partial charge in [0.2, 0.25) is 0 Å². The van der Waals surface area contributed by atoms with Crippen molar-refractivity contribution in [2.75, 3.05) is 13.6 Å². The topological polar surface area (TPSA) is 38.8 Å². The monoisotopic (exact) mass is 509 g/mol. The Morgan fingerprint density at radius 1 is 1.15 bits per heavy atom. The zero-order chi connectivity index (χ0) is 20.2. The predicted octanol–water partition coefficient (Wildman–Crippen LogP) is 5.74. The summed E-state index contributed by atoms with van der Waals surface area (Å²) in [4.78, 5) is 13.2. The lowest BCUT2D eigenvalue weighted by Gasteiger charge is -2.25. The number of carbonyl (C=O) groups is 1. The molecule has 0 aliphatic carbocycles. The molecule has 0 spiro atoms. The number of alkyl halides is 4. The Labute approximate surface area is 166 Å². The number of hydrogen-bond acceptors (Lipinski definition) is 4. The summed E-state index contributed by atoms with van der Waals surface area (Å²) < 4.78 is 62.4. The molecule has 0 saturated carbocycles. The molecule has 1 aromatic carbocycles. The molecule has 1 rings (SSSR count). The maximum Gasteiger partial charge on any atom is 0.475 e. The summed E-state index contributed by atoms with van der Waals surface area (Å²) in [7, 11) is 1.27. The van der Waals surface area contributed by atoms with Gasteiger partial charge in [-0.1, -0.05) is 12.1 Å². The van der Waals surface area contributed by atoms with Crippen LogP contribution in [0.3, 0.4) is 0 Å². The standard InChI is InChI=1S/C16H20F4INO3S/c1-14(2,3)25-13(23)22(4)10-9-11-5-7-12(8-6-11)24-15(17,18)16(19,20)26-21/h5-8H,9-10H2,1-4H3. The summed E-state index contributed by atoms with van der Waals surface area (Å²) in [5.41, 5.74) is 0.125. The fourth-order valence-electron chi connectivity index (χ4n) is 1.70. The first kappa shape index (κ1) is 23.1. The third kappa shape index (κ3) is 7.01. The second-order valence-corrected chi connectivity index (χ2v) is 8.50. The highest BCUT2D eigenvalue weighted by molar-refractivity contribution is 14.2. The lowest BCUT2D eigenvalue weighted by molar-refractivity contribution is -0.268. The van der Waals surface area contributed by atoms with Crippen molar-refractivity contribution in [2.24, 2.45) is 0 Å². The van der Waals surface area contributed by atoms with Crippen LogP contribution in [0, 0.1) is 0 Å². The number of ether oxygens (including phenoxy) is 2. The molecule has 10 heteroatoms. The zero-order valence-electron chi connectivity index (χ0n) is 14.7. The van der Waals surface area contributed by atoms with Gasteiger partial charge in [-0.2, -0.15) is 17.6 Å². The second kappa shape index (κ2) is 8.85. The highest BCUT2D eigenvalue weighted by atomic mass is 127. The van der Waals surface area contributed by atoms with Gasteiger partial charge in [-0.25, -0.2) is 4.79 Å². The van der Waals surface area contributed by atoms with Crippen molar-refractivity contribution in [1.82, 2.24) is 4.90 Å². The average Bonchev–Trinajstić information content (AvgIpc) is 2.51. The fraction of sp³-hybridized carbons (Fsp3) is 0.562. The second-order valence-electron chi connectivity index (χ2n) is 6.51. The molecule has 0 aliphatic rings. The molecule has 0 aliphatic heterocycles. The van der Waals surface area contributed by atoms with Crippen LogP contribution in [0.5, 0.6) is 5.75 Å². The summed E-state index contributed by atoms with van der Waals surface area (Å²) >= 11 is 1.10. The number of carbonyl (C=O) groups excluding carboxylic acids is 1. The van der Waals surface area contributed by atoms with Gasteiger partial charge >= 0.3 is 17.5 Å². The van der Waals surface area contributed by atoms with E-state index in [-0.39, 0.29) is 14.7 Å². The summed E-state index contributed by atoms with van der Waals surface area (Å²) in [5, 5.41) is -4.34. The minimum Gasteiger partial charge on any atom is -0.444 e. The molecule has 148 valence electrons. The Balaban J connectivity index is 2.62. The van der Waals surface area contributed by atoms with E-state index in [1.807, 2.05) is 0 Å². The Morgan fingerprint density at radius 3 is 2.15 bits per heavy atom. The first-order chi connectivity index (χ1) is 11.8. The van der Waals surface area contributed by atoms with Crippen LogP contribution in [0.4, 0.5) is 22.4 Å². The van der Waals surface area contributed by atoms with Crippen molar-refractivity contribution in [3.8, 4) is 5.75 Å². The van der Waals surface area contributed by atoms with Crippen LogP contribution in [-0.2, 0) is 11.2 Å². The van der Waals surface area contributed by atoms with Crippen LogP contribution in [-0.4, -0.2) is 41.5 Å². The Hall–Kier alpha value is -0.910. The van der Waals surface area contributed by atoms with Crippen molar-refractivity contribution in [2.45, 2.75) is 44.2 Å². The van der Waals surface area contributed by atoms with Crippen molar-refractivity contribution < 1.29 is 31.8 Å². The zero-order valence-corrected chi connectivity index (χ0v) is 17.7. The van der Waals surface area contributed by atoms with Crippen molar-refractivity contribution in [3.05, 3.63) is 29.8 Å². The lowest BCUT2D eigenvalue weighted by atomic mass is 10.1. The van der Waals surface area contributed by atoms with Crippen LogP contribution in [0.1, 0.15) is 26.3 Å². The van der Waals surface area contributed by atoms with Gasteiger partial charge < -0.3 is 14.4 Å². The SMILES string of the molecule is CN(CCc1ccc(OC(F)(F)C(F)(F)SI)cc1)C(=O)OC(C)(C)C. The van der Waals surface area contributed by atoms with Gasteiger partial charge in [0.05, 0.1) is 0 Å². The van der Waals surface area contributed by atoms with Crippen LogP contribution < -0.4 is 4.74 Å². The molecule has 0 N–H and O–H groups in total. The number of likely N-dealkylation sites (N-methyl/N-ethyl adjacent to an activating group) is 1. The molecular formula is C16H20F4INO3S. The normalized spacial score (nSPS) is 12.7. The van der Waals surface area contributed by atoms with E-state index in [9.17, 15) is 22.4 Å². The third-order valence-electron chi connectivity index (χ3n) is 3.05. The largest absolute Gasteiger partial charge is 0.475 e. The molecule has 0 unspecified atom stereocenters. The van der Waals surface area contributed by atoms with Gasteiger partial charge in [0, 0.05) is 34.8 Å². The Bertz CT molecular complexity index is 609. The molecule has 26 heavy (non-hydrogen) atoms. The predicted molar refractivity (Wildman–Crippen MR) is 101 cm³/mol. The number of hydrogen-bond donors (Lipinski definition) is 0. The minimum atomic E-state index is -4.63. The molecule has 0 saturated heterocycles. The van der Waals surface area contributed by atoms with Gasteiger partial charge in [0.15, 0.2) is 0 Å². The first-order valence-corrected chi connectivity index (χ1v) is 10.9. The van der Waals surface area contributed by atoms with Gasteiger partial charge in [-0.3, -0.25) is 0 Å². The summed E-state index contributed by atoms with van der Waals surface area (Å²) in [6.45, 7) is 5.61. The fourth-order valence-corrected chi connectivity index (χ4v) is 2.60. The van der Waals surface area contributed by atoms with Crippen molar-refractivity contribution >= 4 is 36.2 Å². The van der Waals surface area contributed by atoms with E-state index in [0.29, 0.717) is 13.0 Å². The summed E-state index contributed by atoms with van der Waals surface area (Å²) in [5.74, 6) is -0.371. The number of rotatable bonds is 7. The van der Waals surface area contributed by atoms with Crippen LogP contribution in [0.2, 0.25) is 0 Å². The van der Waals surface area contributed by atoms with Crippen molar-refractivity contribution in [1.29, 1.82) is 0 Å². The highest BCUT2D eigenvalue weighted by Gasteiger charge is 2.60. The van der Waals surface area contributed by atoms with Crippen LogP contribution in [0.25, 0.3) is 0 Å². The molecule has 0 heterocycles. The molecule has 0 fully saturated rings. The Morgan fingerprint density at radius 2 is 1.69 bits per heavy atom. The molecule has 0 radical (unpaired) electrons. The van der Waals surface area contributed by atoms with Crippen molar-refractivity contribution in [3.63, 3.8) is 0 Å². The summed E-state index contributed by atoms with van der Waals surface area (Å²) in [6, 6.07) is 5.32. The van der Waals surface area contributed by atoms with E-state index in [1.54, 1.807) is 27.8 Å². The first-order valence-electron chi connectivity index (χ1n) is 7.55. The molecule has 1 amide bonds. The smallest absolute Gasteiger partial charge is 0.444 e. The van der Waals surface area contributed by atoms with E-state index in [2.05, 4.69) is 4.74 Å².